The van der Waals surface area contributed by atoms with E-state index in [1.54, 1.807) is 117 Å². The Kier molecular flexibility index (Phi) is 19.3. The number of methoxy groups -OCH3 is 2. The summed E-state index contributed by atoms with van der Waals surface area (Å²) < 4.78 is 79.9. The number of carbonyl (C=O) groups is 2. The molecule has 2 amide bonds. The third kappa shape index (κ3) is 13.3. The predicted octanol–water partition coefficient (Wildman–Crippen LogP) is 12.0. The smallest absolute Gasteiger partial charge is 0.870 e. The van der Waals surface area contributed by atoms with E-state index < -0.39 is 53.3 Å². The van der Waals surface area contributed by atoms with Crippen LogP contribution < -0.4 is 25.2 Å². The van der Waals surface area contributed by atoms with Gasteiger partial charge in [0.05, 0.1) is 35.5 Å². The molecular formula is C52H42BaCl2N6O12S2. The Labute approximate surface area is 481 Å². The van der Waals surface area contributed by atoms with E-state index in [0.717, 1.165) is 0 Å². The van der Waals surface area contributed by atoms with Gasteiger partial charge in [-0.25, -0.2) is 8.42 Å². The molecule has 0 fully saturated rings. The Morgan fingerprint density at radius 2 is 1.01 bits per heavy atom. The number of ether oxygens (including phenoxy) is 2. The van der Waals surface area contributed by atoms with Crippen molar-refractivity contribution in [3.05, 3.63) is 166 Å². The molecular weight excluding hydrogens is 1170 g/mol. The SMILES string of the molecule is CCc1ccc(N=Nc2c(O)c(C(=O)Nc3ccc(OC)cc3)cc3ccccc23)c(S(=O)(=O)O)c1Cl.CCc1ccc(N=Nc2c([O-])c(C(=O)Nc3ccc(OC)cc3)cc3ccccc23)c(S(=O)(=O)[O-])c1Cl.[Ba+2]. The van der Waals surface area contributed by atoms with Crippen LogP contribution in [0.4, 0.5) is 34.1 Å². The number of fused-ring (bicyclic) bond motifs is 2. The van der Waals surface area contributed by atoms with Crippen molar-refractivity contribution in [1.82, 2.24) is 0 Å². The molecule has 0 aliphatic heterocycles. The van der Waals surface area contributed by atoms with Crippen molar-refractivity contribution in [3.8, 4) is 23.0 Å². The van der Waals surface area contributed by atoms with Crippen LogP contribution in [0.15, 0.2) is 164 Å². The first-order valence-corrected chi connectivity index (χ1v) is 25.7. The van der Waals surface area contributed by atoms with Gasteiger partial charge < -0.3 is 34.9 Å². The fraction of sp³-hybridized carbons (Fsp3) is 0.115. The van der Waals surface area contributed by atoms with E-state index in [9.17, 15) is 45.7 Å². The van der Waals surface area contributed by atoms with Crippen molar-refractivity contribution in [3.63, 3.8) is 0 Å². The molecule has 0 aliphatic carbocycles. The number of nitrogens with one attached hydrogen (secondary N) is 2. The minimum atomic E-state index is -5.00. The number of azo groups is 2. The quantitative estimate of drug-likeness (QED) is 0.0449. The van der Waals surface area contributed by atoms with Gasteiger partial charge in [0.25, 0.3) is 21.9 Å². The van der Waals surface area contributed by atoms with Gasteiger partial charge >= 0.3 is 48.9 Å². The number of carbonyl (C=O) groups excluding carboxylic acids is 2. The van der Waals surface area contributed by atoms with Gasteiger partial charge in [-0.3, -0.25) is 14.1 Å². The molecule has 8 rings (SSSR count). The first kappa shape index (κ1) is 57.9. The Balaban J connectivity index is 0.000000241. The van der Waals surface area contributed by atoms with Crippen LogP contribution in [0.3, 0.4) is 0 Å². The van der Waals surface area contributed by atoms with Gasteiger partial charge in [-0.15, -0.1) is 15.3 Å². The van der Waals surface area contributed by atoms with Crippen molar-refractivity contribution in [1.29, 1.82) is 0 Å². The number of phenolic OH excluding ortho intramolecular Hbond substituents is 1. The molecule has 0 bridgehead atoms. The maximum Gasteiger partial charge on any atom is 2.00 e. The number of halogens is 2. The van der Waals surface area contributed by atoms with E-state index in [1.807, 2.05) is 0 Å². The average Bonchev–Trinajstić information content (AvgIpc) is 3.37. The number of phenols is 1. The van der Waals surface area contributed by atoms with Crippen LogP contribution in [0.25, 0.3) is 21.5 Å². The largest absolute Gasteiger partial charge is 2.00 e. The maximum absolute atomic E-state index is 13.3. The van der Waals surface area contributed by atoms with Crippen molar-refractivity contribution < 1.29 is 55.2 Å². The van der Waals surface area contributed by atoms with Gasteiger partial charge in [-0.05, 0) is 108 Å². The fourth-order valence-electron chi connectivity index (χ4n) is 7.48. The molecule has 0 heterocycles. The molecule has 0 saturated carbocycles. The maximum atomic E-state index is 13.3. The first-order valence-electron chi connectivity index (χ1n) is 22.1. The first-order chi connectivity index (χ1) is 35.3. The van der Waals surface area contributed by atoms with Crippen LogP contribution in [0, 0.1) is 0 Å². The zero-order chi connectivity index (χ0) is 53.5. The Bertz CT molecular complexity index is 3530. The van der Waals surface area contributed by atoms with E-state index in [1.165, 1.54) is 44.6 Å². The van der Waals surface area contributed by atoms with Crippen LogP contribution in [-0.2, 0) is 33.1 Å². The van der Waals surface area contributed by atoms with E-state index >= 15 is 0 Å². The Morgan fingerprint density at radius 3 is 1.47 bits per heavy atom. The van der Waals surface area contributed by atoms with Gasteiger partial charge in [0.1, 0.15) is 48.5 Å². The Hall–Kier alpha value is -6.41. The second-order valence-electron chi connectivity index (χ2n) is 15.8. The standard InChI is InChI=1S/2C26H22ClN3O6S.Ba/c2*1-3-15-8-13-21(25(22(15)27)37(33,34)35)29-30-23-19-7-5-4-6-16(19)14-20(24(23)31)26(32)28-17-9-11-18(36-2)12-10-17;/h2*4-14,31H,3H2,1-2H3,(H,28,32)(H,33,34,35);/q;;+2/p-2. The van der Waals surface area contributed by atoms with Crippen molar-refractivity contribution in [2.75, 3.05) is 24.9 Å². The minimum absolute atomic E-state index is 0. The fourth-order valence-corrected chi connectivity index (χ4v) is 10.1. The number of amides is 2. The van der Waals surface area contributed by atoms with Crippen LogP contribution in [0.2, 0.25) is 10.0 Å². The molecule has 8 aromatic rings. The summed E-state index contributed by atoms with van der Waals surface area (Å²) in [6, 6.07) is 35.5. The molecule has 23 heteroatoms. The number of nitrogens with zero attached hydrogens (tertiary/aromatic N) is 4. The van der Waals surface area contributed by atoms with Gasteiger partial charge in [0.15, 0.2) is 5.75 Å². The Morgan fingerprint density at radius 1 is 0.600 bits per heavy atom. The summed E-state index contributed by atoms with van der Waals surface area (Å²) in [5.41, 5.74) is 0.814. The number of aromatic hydroxyl groups is 1. The van der Waals surface area contributed by atoms with Gasteiger partial charge in [-0.1, -0.05) is 103 Å². The van der Waals surface area contributed by atoms with Crippen molar-refractivity contribution in [2.45, 2.75) is 36.5 Å². The van der Waals surface area contributed by atoms with Crippen LogP contribution in [-0.4, -0.2) is 106 Å². The number of hydrogen-bond acceptors (Lipinski definition) is 15. The molecule has 0 radical (unpaired) electrons. The summed E-state index contributed by atoms with van der Waals surface area (Å²) in [7, 11) is -6.69. The molecule has 0 atom stereocenters. The molecule has 0 aliphatic rings. The summed E-state index contributed by atoms with van der Waals surface area (Å²) in [4.78, 5) is 24.8. The third-order valence-electron chi connectivity index (χ3n) is 11.3. The number of anilines is 2. The second kappa shape index (κ2) is 25.0. The predicted molar refractivity (Wildman–Crippen MR) is 284 cm³/mol. The molecule has 75 heavy (non-hydrogen) atoms. The summed E-state index contributed by atoms with van der Waals surface area (Å²) in [5.74, 6) is -1.24. The molecule has 0 saturated heterocycles. The van der Waals surface area contributed by atoms with E-state index in [-0.39, 0.29) is 92.8 Å². The summed E-state index contributed by atoms with van der Waals surface area (Å²) in [6.45, 7) is 3.53. The number of aryl methyl sites for hydroxylation is 2. The minimum Gasteiger partial charge on any atom is -0.870 e. The number of hydrogen-bond donors (Lipinski definition) is 4. The molecule has 4 N–H and O–H groups in total. The van der Waals surface area contributed by atoms with E-state index in [4.69, 9.17) is 32.7 Å². The average molecular weight is 1220 g/mol. The van der Waals surface area contributed by atoms with Gasteiger partial charge in [0.2, 0.25) is 0 Å². The zero-order valence-electron chi connectivity index (χ0n) is 40.2. The van der Waals surface area contributed by atoms with E-state index in [2.05, 4.69) is 31.1 Å². The van der Waals surface area contributed by atoms with Crippen molar-refractivity contribution in [2.24, 2.45) is 20.5 Å². The topological polar surface area (TPSA) is 281 Å². The molecule has 0 unspecified atom stereocenters. The van der Waals surface area contributed by atoms with Crippen LogP contribution >= 0.6 is 23.2 Å². The van der Waals surface area contributed by atoms with Gasteiger partial charge in [-0.2, -0.15) is 13.5 Å². The summed E-state index contributed by atoms with van der Waals surface area (Å²) >= 11 is 12.4. The molecule has 380 valence electrons. The van der Waals surface area contributed by atoms with Gasteiger partial charge in [0, 0.05) is 27.7 Å². The third-order valence-corrected chi connectivity index (χ3v) is 14.2. The monoisotopic (exact) mass is 1210 g/mol. The van der Waals surface area contributed by atoms with Crippen LogP contribution in [0.1, 0.15) is 45.7 Å². The molecule has 8 aromatic carbocycles. The van der Waals surface area contributed by atoms with E-state index in [0.29, 0.717) is 68.4 Å². The second-order valence-corrected chi connectivity index (χ2v) is 19.3. The molecule has 0 spiro atoms. The normalized spacial score (nSPS) is 11.5. The summed E-state index contributed by atoms with van der Waals surface area (Å²) in [5, 5.41) is 47.3. The molecule has 0 aromatic heterocycles. The van der Waals surface area contributed by atoms with Crippen molar-refractivity contribution >= 4 is 160 Å². The molecule has 18 nitrogen and oxygen atoms in total. The summed E-state index contributed by atoms with van der Waals surface area (Å²) in [6.07, 6.45) is 0.815. The number of benzene rings is 8. The van der Waals surface area contributed by atoms with Crippen LogP contribution in [0.5, 0.6) is 23.0 Å². The zero-order valence-corrected chi connectivity index (χ0v) is 47.7. The number of rotatable bonds is 14.